The highest BCUT2D eigenvalue weighted by Crippen LogP contribution is 2.32. The lowest BCUT2D eigenvalue weighted by Gasteiger charge is -2.11. The van der Waals surface area contributed by atoms with Gasteiger partial charge in [-0.05, 0) is 48.5 Å². The van der Waals surface area contributed by atoms with Gasteiger partial charge in [-0.1, -0.05) is 48.6 Å². The maximum absolute atomic E-state index is 11.4. The molecule has 0 bridgehead atoms. The first-order valence-electron chi connectivity index (χ1n) is 10.5. The SMILES string of the molecule is C=C/C(=C\C=C1/CC=CN1C)C1=Cc2nc(Oc3ccc(C)c(C(=O)O)c3)[nH]c2CC=C1Cl. The second-order valence-electron chi connectivity index (χ2n) is 7.79. The number of hydrogen-bond acceptors (Lipinski definition) is 4. The molecule has 1 aliphatic heterocycles. The first-order valence-corrected chi connectivity index (χ1v) is 10.8. The summed E-state index contributed by atoms with van der Waals surface area (Å²) < 4.78 is 5.82. The Labute approximate surface area is 197 Å². The first-order chi connectivity index (χ1) is 15.9. The number of carbonyl (C=O) groups is 1. The molecule has 168 valence electrons. The summed E-state index contributed by atoms with van der Waals surface area (Å²) >= 11 is 6.60. The van der Waals surface area contributed by atoms with Crippen LogP contribution in [0.1, 0.15) is 33.7 Å². The Morgan fingerprint density at radius 3 is 2.88 bits per heavy atom. The average Bonchev–Trinajstić information content (AvgIpc) is 3.34. The van der Waals surface area contributed by atoms with Gasteiger partial charge in [0.2, 0.25) is 0 Å². The fourth-order valence-corrected chi connectivity index (χ4v) is 3.91. The fourth-order valence-electron chi connectivity index (χ4n) is 3.67. The van der Waals surface area contributed by atoms with Gasteiger partial charge in [-0.2, -0.15) is 4.98 Å². The Morgan fingerprint density at radius 2 is 2.18 bits per heavy atom. The number of aromatic carboxylic acids is 1. The molecule has 6 nitrogen and oxygen atoms in total. The van der Waals surface area contributed by atoms with Crippen LogP contribution in [-0.2, 0) is 6.42 Å². The summed E-state index contributed by atoms with van der Waals surface area (Å²) in [6.07, 6.45) is 15.2. The number of ether oxygens (including phenoxy) is 1. The number of carboxylic acid groups (broad SMARTS) is 1. The number of aromatic nitrogens is 2. The summed E-state index contributed by atoms with van der Waals surface area (Å²) in [7, 11) is 2.01. The molecule has 1 aromatic heterocycles. The van der Waals surface area contributed by atoms with Crippen LogP contribution in [0.4, 0.5) is 0 Å². The Hall–Kier alpha value is -3.77. The van der Waals surface area contributed by atoms with Gasteiger partial charge in [0.05, 0.1) is 11.3 Å². The van der Waals surface area contributed by atoms with Crippen molar-refractivity contribution in [1.29, 1.82) is 0 Å². The van der Waals surface area contributed by atoms with Gasteiger partial charge in [0.25, 0.3) is 6.01 Å². The van der Waals surface area contributed by atoms with Crippen molar-refractivity contribution in [3.63, 3.8) is 0 Å². The van der Waals surface area contributed by atoms with Crippen molar-refractivity contribution in [3.8, 4) is 11.8 Å². The Balaban J connectivity index is 1.64. The van der Waals surface area contributed by atoms with Gasteiger partial charge in [-0.15, -0.1) is 0 Å². The van der Waals surface area contributed by atoms with Gasteiger partial charge in [-0.25, -0.2) is 4.79 Å². The molecule has 2 heterocycles. The van der Waals surface area contributed by atoms with E-state index in [0.29, 0.717) is 28.5 Å². The lowest BCUT2D eigenvalue weighted by atomic mass is 10.0. The largest absolute Gasteiger partial charge is 0.478 e. The third-order valence-corrected chi connectivity index (χ3v) is 5.92. The summed E-state index contributed by atoms with van der Waals surface area (Å²) in [6, 6.07) is 5.20. The van der Waals surface area contributed by atoms with Crippen LogP contribution in [0, 0.1) is 6.92 Å². The lowest BCUT2D eigenvalue weighted by Crippen LogP contribution is -2.03. The number of carboxylic acids is 1. The lowest BCUT2D eigenvalue weighted by molar-refractivity contribution is 0.0695. The molecule has 33 heavy (non-hydrogen) atoms. The quantitative estimate of drug-likeness (QED) is 0.507. The van der Waals surface area contributed by atoms with Crippen LogP contribution >= 0.6 is 11.6 Å². The van der Waals surface area contributed by atoms with Crippen LogP contribution < -0.4 is 4.74 Å². The van der Waals surface area contributed by atoms with Crippen molar-refractivity contribution >= 4 is 23.6 Å². The molecule has 0 saturated heterocycles. The van der Waals surface area contributed by atoms with E-state index >= 15 is 0 Å². The molecule has 0 unspecified atom stereocenters. The van der Waals surface area contributed by atoms with E-state index in [1.165, 1.54) is 11.8 Å². The molecule has 0 fully saturated rings. The summed E-state index contributed by atoms with van der Waals surface area (Å²) in [4.78, 5) is 21.2. The zero-order valence-corrected chi connectivity index (χ0v) is 19.2. The van der Waals surface area contributed by atoms with Crippen LogP contribution in [0.3, 0.4) is 0 Å². The number of rotatable bonds is 6. The van der Waals surface area contributed by atoms with Crippen LogP contribution in [0.25, 0.3) is 6.08 Å². The Bertz CT molecular complexity index is 1280. The number of nitrogens with one attached hydrogen (secondary N) is 1. The van der Waals surface area contributed by atoms with Crippen molar-refractivity contribution < 1.29 is 14.6 Å². The number of H-pyrrole nitrogens is 1. The van der Waals surface area contributed by atoms with E-state index in [1.807, 2.05) is 31.5 Å². The predicted molar refractivity (Wildman–Crippen MR) is 130 cm³/mol. The molecule has 2 N–H and O–H groups in total. The van der Waals surface area contributed by atoms with Crippen LogP contribution in [0.15, 0.2) is 83.2 Å². The highest BCUT2D eigenvalue weighted by atomic mass is 35.5. The summed E-state index contributed by atoms with van der Waals surface area (Å²) in [6.45, 7) is 5.70. The molecule has 1 aromatic carbocycles. The zero-order chi connectivity index (χ0) is 23.5. The zero-order valence-electron chi connectivity index (χ0n) is 18.4. The van der Waals surface area contributed by atoms with Crippen molar-refractivity contribution in [2.45, 2.75) is 19.8 Å². The number of imidazole rings is 1. The highest BCUT2D eigenvalue weighted by Gasteiger charge is 2.18. The molecule has 2 aromatic rings. The Kier molecular flexibility index (Phi) is 6.38. The number of hydrogen-bond donors (Lipinski definition) is 2. The minimum atomic E-state index is -1.00. The number of nitrogens with zero attached hydrogens (tertiary/aromatic N) is 2. The second kappa shape index (κ2) is 9.38. The van der Waals surface area contributed by atoms with Gasteiger partial charge in [0.1, 0.15) is 5.75 Å². The third kappa shape index (κ3) is 4.86. The van der Waals surface area contributed by atoms with Crippen LogP contribution in [0.5, 0.6) is 11.8 Å². The van der Waals surface area contributed by atoms with E-state index in [2.05, 4.69) is 33.6 Å². The van der Waals surface area contributed by atoms with E-state index in [4.69, 9.17) is 16.3 Å². The van der Waals surface area contributed by atoms with Gasteiger partial charge >= 0.3 is 5.97 Å². The Morgan fingerprint density at radius 1 is 1.36 bits per heavy atom. The number of aromatic amines is 1. The monoisotopic (exact) mass is 461 g/mol. The number of aryl methyl sites for hydroxylation is 1. The number of benzene rings is 1. The number of allylic oxidation sites excluding steroid dienone is 8. The van der Waals surface area contributed by atoms with E-state index in [9.17, 15) is 9.90 Å². The third-order valence-electron chi connectivity index (χ3n) is 5.56. The predicted octanol–water partition coefficient (Wildman–Crippen LogP) is 6.12. The molecule has 0 atom stereocenters. The van der Waals surface area contributed by atoms with E-state index in [1.54, 1.807) is 25.1 Å². The van der Waals surface area contributed by atoms with Crippen molar-refractivity contribution in [1.82, 2.24) is 14.9 Å². The summed E-state index contributed by atoms with van der Waals surface area (Å²) in [5, 5.41) is 9.97. The standard InChI is InChI=1S/C26H24ClN3O3/c1-4-17(8-9-18-6-5-13-30(18)3)21-15-24-23(12-11-22(21)27)28-26(29-24)33-19-10-7-16(2)20(14-19)25(31)32/h4-5,7-11,13-15H,1,6,12H2,2-3H3,(H,28,29)(H,31,32)/b17-8+,18-9+. The number of fused-ring (bicyclic) bond motifs is 1. The van der Waals surface area contributed by atoms with Gasteiger partial charge < -0.3 is 19.7 Å². The molecule has 0 amide bonds. The first kappa shape index (κ1) is 22.4. The summed E-state index contributed by atoms with van der Waals surface area (Å²) in [5.74, 6) is -0.605. The van der Waals surface area contributed by atoms with Crippen molar-refractivity contribution in [2.24, 2.45) is 0 Å². The minimum Gasteiger partial charge on any atom is -0.478 e. The van der Waals surface area contributed by atoms with Gasteiger partial charge in [0, 0.05) is 41.9 Å². The van der Waals surface area contributed by atoms with Gasteiger partial charge in [0.15, 0.2) is 0 Å². The molecule has 4 rings (SSSR count). The molecule has 1 aliphatic carbocycles. The van der Waals surface area contributed by atoms with Crippen LogP contribution in [-0.4, -0.2) is 33.0 Å². The smallest absolute Gasteiger partial charge is 0.336 e. The molecular weight excluding hydrogens is 438 g/mol. The molecule has 0 saturated carbocycles. The van der Waals surface area contributed by atoms with Crippen LogP contribution in [0.2, 0.25) is 0 Å². The van der Waals surface area contributed by atoms with Crippen molar-refractivity contribution in [2.75, 3.05) is 7.05 Å². The van der Waals surface area contributed by atoms with E-state index < -0.39 is 5.97 Å². The fraction of sp³-hybridized carbons (Fsp3) is 0.154. The molecule has 0 radical (unpaired) electrons. The van der Waals surface area contributed by atoms with E-state index in [0.717, 1.165) is 23.3 Å². The van der Waals surface area contributed by atoms with Crippen molar-refractivity contribution in [3.05, 3.63) is 106 Å². The maximum Gasteiger partial charge on any atom is 0.336 e. The summed E-state index contributed by atoms with van der Waals surface area (Å²) in [5.41, 5.74) is 5.29. The average molecular weight is 462 g/mol. The minimum absolute atomic E-state index is 0.190. The highest BCUT2D eigenvalue weighted by molar-refractivity contribution is 6.33. The van der Waals surface area contributed by atoms with E-state index in [-0.39, 0.29) is 11.6 Å². The normalized spacial score (nSPS) is 16.9. The molecule has 7 heteroatoms. The molecule has 2 aliphatic rings. The van der Waals surface area contributed by atoms with Gasteiger partial charge in [-0.3, -0.25) is 0 Å². The number of halogens is 1. The maximum atomic E-state index is 11.4. The second-order valence-corrected chi connectivity index (χ2v) is 8.20. The topological polar surface area (TPSA) is 78.5 Å². The molecule has 0 spiro atoms. The molecular formula is C26H24ClN3O3.